The highest BCUT2D eigenvalue weighted by molar-refractivity contribution is 7.93. The molecule has 2 unspecified atom stereocenters. The Morgan fingerprint density at radius 3 is 2.42 bits per heavy atom. The number of anilines is 2. The lowest BCUT2D eigenvalue weighted by molar-refractivity contribution is 0.305. The summed E-state index contributed by atoms with van der Waals surface area (Å²) in [7, 11) is -3.41. The molecule has 2 atom stereocenters. The topological polar surface area (TPSA) is 96.2 Å². The van der Waals surface area contributed by atoms with Crippen LogP contribution in [0.1, 0.15) is 19.5 Å². The van der Waals surface area contributed by atoms with Gasteiger partial charge in [-0.15, -0.1) is 5.10 Å². The Hall–Kier alpha value is -2.98. The van der Waals surface area contributed by atoms with Gasteiger partial charge in [0.1, 0.15) is 11.6 Å². The number of hydrogen-bond acceptors (Lipinski definition) is 7. The Kier molecular flexibility index (Phi) is 5.79. The Morgan fingerprint density at radius 1 is 1.00 bits per heavy atom. The molecule has 0 amide bonds. The average Bonchev–Trinajstić information content (AvgIpc) is 3.50. The first-order chi connectivity index (χ1) is 15.9. The molecule has 1 N–H and O–H groups in total. The summed E-state index contributed by atoms with van der Waals surface area (Å²) >= 11 is 0. The van der Waals surface area contributed by atoms with Crippen molar-refractivity contribution >= 4 is 21.7 Å². The molecule has 5 rings (SSSR count). The zero-order valence-electron chi connectivity index (χ0n) is 18.9. The fraction of sp³-hybridized carbons (Fsp3) is 0.435. The lowest BCUT2D eigenvalue weighted by atomic mass is 10.0. The molecule has 0 radical (unpaired) electrons. The molecule has 0 saturated carbocycles. The molecule has 9 nitrogen and oxygen atoms in total. The van der Waals surface area contributed by atoms with Gasteiger partial charge in [-0.05, 0) is 49.9 Å². The van der Waals surface area contributed by atoms with E-state index in [-0.39, 0.29) is 0 Å². The van der Waals surface area contributed by atoms with E-state index in [1.165, 1.54) is 0 Å². The Labute approximate surface area is 194 Å². The molecule has 4 heterocycles. The average molecular weight is 468 g/mol. The molecular formula is C23H29N7O2S. The number of aromatic nitrogens is 4. The van der Waals surface area contributed by atoms with E-state index in [0.29, 0.717) is 17.7 Å². The van der Waals surface area contributed by atoms with Crippen LogP contribution in [0.5, 0.6) is 0 Å². The summed E-state index contributed by atoms with van der Waals surface area (Å²) in [6.45, 7) is 7.97. The van der Waals surface area contributed by atoms with Crippen molar-refractivity contribution in [1.29, 1.82) is 0 Å². The quantitative estimate of drug-likeness (QED) is 0.570. The summed E-state index contributed by atoms with van der Waals surface area (Å²) < 4.78 is 28.8. The van der Waals surface area contributed by atoms with Gasteiger partial charge in [0.25, 0.3) is 0 Å². The van der Waals surface area contributed by atoms with Gasteiger partial charge in [0, 0.05) is 32.7 Å². The van der Waals surface area contributed by atoms with Gasteiger partial charge in [0.05, 0.1) is 22.8 Å². The maximum Gasteiger partial charge on any atom is 0.236 e. The molecule has 2 aliphatic rings. The van der Waals surface area contributed by atoms with E-state index >= 15 is 0 Å². The van der Waals surface area contributed by atoms with Crippen molar-refractivity contribution in [1.82, 2.24) is 24.9 Å². The summed E-state index contributed by atoms with van der Waals surface area (Å²) in [5, 5.41) is 8.12. The van der Waals surface area contributed by atoms with Crippen LogP contribution in [0.25, 0.3) is 5.69 Å². The summed E-state index contributed by atoms with van der Waals surface area (Å²) in [5.74, 6) is 2.33. The minimum atomic E-state index is -3.41. The highest BCUT2D eigenvalue weighted by Gasteiger charge is 2.40. The van der Waals surface area contributed by atoms with Crippen molar-refractivity contribution in [2.24, 2.45) is 11.8 Å². The molecule has 0 spiro atoms. The second-order valence-corrected chi connectivity index (χ2v) is 11.4. The number of para-hydroxylation sites is 1. The van der Waals surface area contributed by atoms with E-state index in [9.17, 15) is 8.42 Å². The summed E-state index contributed by atoms with van der Waals surface area (Å²) in [4.78, 5) is 9.29. The van der Waals surface area contributed by atoms with Crippen molar-refractivity contribution < 1.29 is 8.42 Å². The number of likely N-dealkylation sites (tertiary alicyclic amines) is 1. The van der Waals surface area contributed by atoms with Gasteiger partial charge < -0.3 is 4.90 Å². The van der Waals surface area contributed by atoms with Crippen LogP contribution < -0.4 is 9.62 Å². The Bertz CT molecular complexity index is 1200. The number of fused-ring (bicyclic) bond motifs is 1. The third-order valence-corrected chi connectivity index (χ3v) is 8.17. The number of pyridine rings is 1. The van der Waals surface area contributed by atoms with Crippen LogP contribution in [-0.2, 0) is 16.6 Å². The van der Waals surface area contributed by atoms with Gasteiger partial charge in [0.2, 0.25) is 10.0 Å². The molecule has 3 aromatic rings. The largest absolute Gasteiger partial charge is 0.356 e. The fourth-order valence-electron chi connectivity index (χ4n) is 4.63. The monoisotopic (exact) mass is 467 g/mol. The highest BCUT2D eigenvalue weighted by Crippen LogP contribution is 2.34. The van der Waals surface area contributed by atoms with Crippen LogP contribution in [0.3, 0.4) is 0 Å². The number of sulfonamides is 1. The maximum atomic E-state index is 12.2. The fourth-order valence-corrected chi connectivity index (χ4v) is 5.27. The number of rotatable bonds is 7. The predicted molar refractivity (Wildman–Crippen MR) is 128 cm³/mol. The first-order valence-electron chi connectivity index (χ1n) is 11.3. The van der Waals surface area contributed by atoms with Crippen LogP contribution in [-0.4, -0.2) is 64.7 Å². The molecule has 33 heavy (non-hydrogen) atoms. The van der Waals surface area contributed by atoms with Gasteiger partial charge in [-0.2, -0.15) is 0 Å². The van der Waals surface area contributed by atoms with Crippen LogP contribution in [0, 0.1) is 11.8 Å². The van der Waals surface area contributed by atoms with Crippen molar-refractivity contribution in [3.8, 4) is 5.69 Å². The molecule has 2 aromatic heterocycles. The zero-order chi connectivity index (χ0) is 23.0. The smallest absolute Gasteiger partial charge is 0.236 e. The molecule has 2 fully saturated rings. The van der Waals surface area contributed by atoms with Crippen LogP contribution in [0.15, 0.2) is 54.7 Å². The van der Waals surface area contributed by atoms with E-state index in [1.54, 1.807) is 19.9 Å². The van der Waals surface area contributed by atoms with E-state index in [0.717, 1.165) is 49.9 Å². The molecule has 2 aliphatic heterocycles. The number of hydrogen-bond donors (Lipinski definition) is 1. The molecule has 10 heteroatoms. The third kappa shape index (κ3) is 4.72. The van der Waals surface area contributed by atoms with Crippen molar-refractivity contribution in [2.75, 3.05) is 35.8 Å². The standard InChI is InChI=1S/C23H29N7O2S/c1-17(2)33(31,32)26-22-9-6-10-23(24-22)29-13-18-11-28(12-19(18)14-29)15-20-16-30(27-25-20)21-7-4-3-5-8-21/h3-10,16-19H,11-15H2,1-2H3,(H,24,26). The lowest BCUT2D eigenvalue weighted by Gasteiger charge is -2.22. The van der Waals surface area contributed by atoms with Gasteiger partial charge in [-0.25, -0.2) is 18.1 Å². The van der Waals surface area contributed by atoms with Crippen molar-refractivity contribution in [3.63, 3.8) is 0 Å². The first kappa shape index (κ1) is 21.8. The van der Waals surface area contributed by atoms with Crippen LogP contribution in [0.2, 0.25) is 0 Å². The molecule has 0 bridgehead atoms. The minimum Gasteiger partial charge on any atom is -0.356 e. The van der Waals surface area contributed by atoms with Gasteiger partial charge in [-0.3, -0.25) is 9.62 Å². The lowest BCUT2D eigenvalue weighted by Crippen LogP contribution is -2.29. The van der Waals surface area contributed by atoms with E-state index in [4.69, 9.17) is 0 Å². The number of benzene rings is 1. The molecule has 2 saturated heterocycles. The molecule has 0 aliphatic carbocycles. The molecule has 174 valence electrons. The summed E-state index contributed by atoms with van der Waals surface area (Å²) in [5.41, 5.74) is 1.98. The minimum absolute atomic E-state index is 0.376. The van der Waals surface area contributed by atoms with E-state index in [1.807, 2.05) is 53.3 Å². The van der Waals surface area contributed by atoms with Crippen molar-refractivity contribution in [3.05, 3.63) is 60.4 Å². The zero-order valence-corrected chi connectivity index (χ0v) is 19.7. The SMILES string of the molecule is CC(C)S(=O)(=O)Nc1cccc(N2CC3CN(Cc4cn(-c5ccccc5)nn4)CC3C2)n1. The summed E-state index contributed by atoms with van der Waals surface area (Å²) in [6.07, 6.45) is 2.00. The second-order valence-electron chi connectivity index (χ2n) is 9.19. The third-order valence-electron chi connectivity index (χ3n) is 6.43. The van der Waals surface area contributed by atoms with Crippen LogP contribution in [0.4, 0.5) is 11.6 Å². The maximum absolute atomic E-state index is 12.2. The second kappa shape index (κ2) is 8.75. The summed E-state index contributed by atoms with van der Waals surface area (Å²) in [6, 6.07) is 15.5. The van der Waals surface area contributed by atoms with E-state index in [2.05, 4.69) is 29.8 Å². The Balaban J connectivity index is 1.19. The molecular weight excluding hydrogens is 438 g/mol. The van der Waals surface area contributed by atoms with E-state index < -0.39 is 15.3 Å². The Morgan fingerprint density at radius 2 is 1.73 bits per heavy atom. The van der Waals surface area contributed by atoms with Crippen LogP contribution >= 0.6 is 0 Å². The first-order valence-corrected chi connectivity index (χ1v) is 12.8. The molecule has 1 aromatic carbocycles. The predicted octanol–water partition coefficient (Wildman–Crippen LogP) is 2.38. The van der Waals surface area contributed by atoms with Gasteiger partial charge >= 0.3 is 0 Å². The normalized spacial score (nSPS) is 21.0. The van der Waals surface area contributed by atoms with Gasteiger partial charge in [-0.1, -0.05) is 29.5 Å². The number of nitrogens with one attached hydrogen (secondary N) is 1. The van der Waals surface area contributed by atoms with Crippen molar-refractivity contribution in [2.45, 2.75) is 25.6 Å². The number of nitrogens with zero attached hydrogens (tertiary/aromatic N) is 6. The highest BCUT2D eigenvalue weighted by atomic mass is 32.2. The van der Waals surface area contributed by atoms with Gasteiger partial charge in [0.15, 0.2) is 0 Å².